The van der Waals surface area contributed by atoms with Gasteiger partial charge >= 0.3 is 0 Å². The molecular formula is C18H19Cl2FN2O. The van der Waals surface area contributed by atoms with Crippen molar-refractivity contribution in [2.45, 2.75) is 19.5 Å². The SMILES string of the molecule is CC(NC(=O)CN(C)Cc1c(F)cccc1Cl)c1ccccc1Cl. The molecule has 1 amide bonds. The fourth-order valence-corrected chi connectivity index (χ4v) is 2.97. The normalized spacial score (nSPS) is 12.2. The quantitative estimate of drug-likeness (QED) is 0.817. The van der Waals surface area contributed by atoms with Gasteiger partial charge in [0.05, 0.1) is 12.6 Å². The van der Waals surface area contributed by atoms with Gasteiger partial charge in [0.25, 0.3) is 0 Å². The van der Waals surface area contributed by atoms with Gasteiger partial charge in [-0.1, -0.05) is 47.5 Å². The Hall–Kier alpha value is -1.62. The van der Waals surface area contributed by atoms with Crippen LogP contribution in [0.15, 0.2) is 42.5 Å². The van der Waals surface area contributed by atoms with E-state index in [0.29, 0.717) is 15.6 Å². The predicted molar refractivity (Wildman–Crippen MR) is 95.8 cm³/mol. The molecule has 2 rings (SSSR count). The summed E-state index contributed by atoms with van der Waals surface area (Å²) in [5, 5.41) is 3.85. The van der Waals surface area contributed by atoms with Crippen LogP contribution in [-0.2, 0) is 11.3 Å². The van der Waals surface area contributed by atoms with E-state index in [9.17, 15) is 9.18 Å². The van der Waals surface area contributed by atoms with Crippen LogP contribution in [0, 0.1) is 5.82 Å². The van der Waals surface area contributed by atoms with E-state index in [4.69, 9.17) is 23.2 Å². The number of carbonyl (C=O) groups excluding carboxylic acids is 1. The first-order valence-electron chi connectivity index (χ1n) is 7.53. The largest absolute Gasteiger partial charge is 0.348 e. The minimum atomic E-state index is -0.376. The molecule has 3 nitrogen and oxygen atoms in total. The third-order valence-electron chi connectivity index (χ3n) is 3.65. The number of nitrogens with zero attached hydrogens (tertiary/aromatic N) is 1. The summed E-state index contributed by atoms with van der Waals surface area (Å²) < 4.78 is 13.8. The third kappa shape index (κ3) is 4.94. The lowest BCUT2D eigenvalue weighted by Gasteiger charge is -2.20. The van der Waals surface area contributed by atoms with Gasteiger partial charge in [0.2, 0.25) is 5.91 Å². The highest BCUT2D eigenvalue weighted by molar-refractivity contribution is 6.31. The minimum absolute atomic E-state index is 0.124. The highest BCUT2D eigenvalue weighted by Gasteiger charge is 2.15. The van der Waals surface area contributed by atoms with Gasteiger partial charge in [0.15, 0.2) is 0 Å². The number of halogens is 3. The first kappa shape index (κ1) is 18.7. The lowest BCUT2D eigenvalue weighted by molar-refractivity contribution is -0.122. The van der Waals surface area contributed by atoms with Crippen LogP contribution in [-0.4, -0.2) is 24.4 Å². The summed E-state index contributed by atoms with van der Waals surface area (Å²) in [5.74, 6) is -0.545. The van der Waals surface area contributed by atoms with E-state index in [1.807, 2.05) is 25.1 Å². The van der Waals surface area contributed by atoms with E-state index in [1.165, 1.54) is 6.07 Å². The van der Waals surface area contributed by atoms with E-state index >= 15 is 0 Å². The van der Waals surface area contributed by atoms with Crippen LogP contribution in [0.3, 0.4) is 0 Å². The molecular weight excluding hydrogens is 350 g/mol. The molecule has 0 fully saturated rings. The first-order valence-corrected chi connectivity index (χ1v) is 8.29. The number of amides is 1. The highest BCUT2D eigenvalue weighted by Crippen LogP contribution is 2.22. The maximum atomic E-state index is 13.8. The third-order valence-corrected chi connectivity index (χ3v) is 4.35. The van der Waals surface area contributed by atoms with Crippen LogP contribution >= 0.6 is 23.2 Å². The Bertz CT molecular complexity index is 704. The molecule has 128 valence electrons. The summed E-state index contributed by atoms with van der Waals surface area (Å²) in [7, 11) is 1.74. The second-order valence-corrected chi connectivity index (χ2v) is 6.50. The summed E-state index contributed by atoms with van der Waals surface area (Å²) in [6.45, 7) is 2.24. The van der Waals surface area contributed by atoms with Gasteiger partial charge in [-0.3, -0.25) is 9.69 Å². The fourth-order valence-electron chi connectivity index (χ4n) is 2.45. The van der Waals surface area contributed by atoms with Crippen LogP contribution < -0.4 is 5.32 Å². The maximum Gasteiger partial charge on any atom is 0.234 e. The van der Waals surface area contributed by atoms with E-state index in [1.54, 1.807) is 30.1 Å². The van der Waals surface area contributed by atoms with Crippen molar-refractivity contribution >= 4 is 29.1 Å². The zero-order valence-corrected chi connectivity index (χ0v) is 15.0. The number of rotatable bonds is 6. The molecule has 0 aliphatic carbocycles. The Balaban J connectivity index is 1.93. The number of hydrogen-bond donors (Lipinski definition) is 1. The molecule has 1 atom stereocenters. The number of nitrogens with one attached hydrogen (secondary N) is 1. The highest BCUT2D eigenvalue weighted by atomic mass is 35.5. The zero-order chi connectivity index (χ0) is 17.7. The lowest BCUT2D eigenvalue weighted by atomic mass is 10.1. The first-order chi connectivity index (χ1) is 11.4. The Morgan fingerprint density at radius 2 is 1.83 bits per heavy atom. The monoisotopic (exact) mass is 368 g/mol. The van der Waals surface area contributed by atoms with Crippen LogP contribution in [0.4, 0.5) is 4.39 Å². The van der Waals surface area contributed by atoms with Gasteiger partial charge in [0, 0.05) is 22.2 Å². The van der Waals surface area contributed by atoms with Crippen LogP contribution in [0.2, 0.25) is 10.0 Å². The van der Waals surface area contributed by atoms with Crippen molar-refractivity contribution in [1.82, 2.24) is 10.2 Å². The van der Waals surface area contributed by atoms with Crippen LogP contribution in [0.1, 0.15) is 24.1 Å². The Kier molecular flexibility index (Phi) is 6.60. The van der Waals surface area contributed by atoms with Gasteiger partial charge in [-0.25, -0.2) is 4.39 Å². The smallest absolute Gasteiger partial charge is 0.234 e. The molecule has 24 heavy (non-hydrogen) atoms. The Labute approximate surface area is 151 Å². The minimum Gasteiger partial charge on any atom is -0.348 e. The molecule has 0 radical (unpaired) electrons. The number of carbonyl (C=O) groups is 1. The molecule has 0 aliphatic rings. The predicted octanol–water partition coefficient (Wildman–Crippen LogP) is 4.44. The summed E-state index contributed by atoms with van der Waals surface area (Å²) >= 11 is 12.1. The van der Waals surface area contributed by atoms with E-state index < -0.39 is 0 Å². The van der Waals surface area contributed by atoms with Crippen molar-refractivity contribution in [1.29, 1.82) is 0 Å². The van der Waals surface area contributed by atoms with Crippen LogP contribution in [0.25, 0.3) is 0 Å². The molecule has 0 saturated heterocycles. The van der Waals surface area contributed by atoms with Crippen molar-refractivity contribution in [2.24, 2.45) is 0 Å². The summed E-state index contributed by atoms with van der Waals surface area (Å²) in [6, 6.07) is 11.7. The number of hydrogen-bond acceptors (Lipinski definition) is 2. The van der Waals surface area contributed by atoms with Crippen molar-refractivity contribution in [3.63, 3.8) is 0 Å². The van der Waals surface area contributed by atoms with Gasteiger partial charge < -0.3 is 5.32 Å². The molecule has 0 heterocycles. The van der Waals surface area contributed by atoms with Crippen molar-refractivity contribution in [2.75, 3.05) is 13.6 Å². The fraction of sp³-hybridized carbons (Fsp3) is 0.278. The summed E-state index contributed by atoms with van der Waals surface area (Å²) in [5.41, 5.74) is 1.24. The molecule has 0 spiro atoms. The average molecular weight is 369 g/mol. The molecule has 1 N–H and O–H groups in total. The molecule has 0 aliphatic heterocycles. The van der Waals surface area contributed by atoms with E-state index in [-0.39, 0.29) is 30.9 Å². The van der Waals surface area contributed by atoms with Crippen molar-refractivity contribution in [3.8, 4) is 0 Å². The number of benzene rings is 2. The Morgan fingerprint density at radius 1 is 1.17 bits per heavy atom. The average Bonchev–Trinajstić information content (AvgIpc) is 2.51. The lowest BCUT2D eigenvalue weighted by Crippen LogP contribution is -2.36. The topological polar surface area (TPSA) is 32.3 Å². The molecule has 1 unspecified atom stereocenters. The van der Waals surface area contributed by atoms with Crippen molar-refractivity contribution < 1.29 is 9.18 Å². The molecule has 0 saturated carbocycles. The van der Waals surface area contributed by atoms with Crippen LogP contribution in [0.5, 0.6) is 0 Å². The van der Waals surface area contributed by atoms with Crippen molar-refractivity contribution in [3.05, 3.63) is 69.5 Å². The molecule has 0 bridgehead atoms. The summed E-state index contributed by atoms with van der Waals surface area (Å²) in [6.07, 6.45) is 0. The van der Waals surface area contributed by atoms with Gasteiger partial charge in [-0.15, -0.1) is 0 Å². The van der Waals surface area contributed by atoms with E-state index in [0.717, 1.165) is 5.56 Å². The molecule has 2 aromatic rings. The molecule has 6 heteroatoms. The van der Waals surface area contributed by atoms with Gasteiger partial charge in [-0.2, -0.15) is 0 Å². The summed E-state index contributed by atoms with van der Waals surface area (Å²) in [4.78, 5) is 13.9. The second-order valence-electron chi connectivity index (χ2n) is 5.68. The standard InChI is InChI=1S/C18H19Cl2FN2O/c1-12(13-6-3-4-7-15(13)19)22-18(24)11-23(2)10-14-16(20)8-5-9-17(14)21/h3-9,12H,10-11H2,1-2H3,(H,22,24). The maximum absolute atomic E-state index is 13.8. The van der Waals surface area contributed by atoms with Gasteiger partial charge in [0.1, 0.15) is 5.82 Å². The van der Waals surface area contributed by atoms with E-state index in [2.05, 4.69) is 5.32 Å². The molecule has 0 aromatic heterocycles. The second kappa shape index (κ2) is 8.47. The van der Waals surface area contributed by atoms with Gasteiger partial charge in [-0.05, 0) is 37.7 Å². The number of likely N-dealkylation sites (N-methyl/N-ethyl adjacent to an activating group) is 1. The Morgan fingerprint density at radius 3 is 2.50 bits per heavy atom. The molecule has 2 aromatic carbocycles. The zero-order valence-electron chi connectivity index (χ0n) is 13.5.